The molecule has 0 bridgehead atoms. The van der Waals surface area contributed by atoms with Gasteiger partial charge in [0.1, 0.15) is 6.10 Å². The average Bonchev–Trinajstić information content (AvgIpc) is 2.24. The van der Waals surface area contributed by atoms with Gasteiger partial charge in [-0.1, -0.05) is 0 Å². The molecule has 1 saturated heterocycles. The van der Waals surface area contributed by atoms with Crippen LogP contribution < -0.4 is 0 Å². The molecule has 2 atom stereocenters. The van der Waals surface area contributed by atoms with E-state index in [1.54, 1.807) is 0 Å². The van der Waals surface area contributed by atoms with Crippen LogP contribution in [0, 0.1) is 0 Å². The second-order valence-corrected chi connectivity index (χ2v) is 2.94. The van der Waals surface area contributed by atoms with Crippen molar-refractivity contribution in [3.8, 4) is 0 Å². The maximum Gasteiger partial charge on any atom is 0.335 e. The summed E-state index contributed by atoms with van der Waals surface area (Å²) in [5, 5.41) is 17.7. The number of hydrogen-bond donors (Lipinski definition) is 2. The molecule has 1 rings (SSSR count). The summed E-state index contributed by atoms with van der Waals surface area (Å²) >= 11 is 0. The number of carboxylic acids is 1. The molecular formula is C7H12O5. The third-order valence-corrected chi connectivity index (χ3v) is 1.47. The number of aliphatic hydroxyl groups is 1. The van der Waals surface area contributed by atoms with Gasteiger partial charge in [-0.2, -0.15) is 0 Å². The maximum absolute atomic E-state index is 10.7. The number of aliphatic carboxylic acids is 1. The first kappa shape index (κ1) is 6.82. The molecule has 0 aromatic carbocycles. The summed E-state index contributed by atoms with van der Waals surface area (Å²) in [7, 11) is 0. The molecule has 0 unspecified atom stereocenters. The minimum absolute atomic E-state index is 1.20. The summed E-state index contributed by atoms with van der Waals surface area (Å²) in [6.07, 6.45) is -3.01. The molecule has 1 fully saturated rings. The summed E-state index contributed by atoms with van der Waals surface area (Å²) in [5.41, 5.74) is 0. The number of carbonyl (C=O) groups is 1. The van der Waals surface area contributed by atoms with E-state index in [1.807, 2.05) is 0 Å². The van der Waals surface area contributed by atoms with Crippen molar-refractivity contribution in [2.75, 3.05) is 6.56 Å². The first-order valence-corrected chi connectivity index (χ1v) is 3.44. The Morgan fingerprint density at radius 1 is 1.67 bits per heavy atom. The molecule has 1 heterocycles. The monoisotopic (exact) mass is 178 g/mol. The van der Waals surface area contributed by atoms with E-state index in [4.69, 9.17) is 22.4 Å². The Bertz CT molecular complexity index is 247. The van der Waals surface area contributed by atoms with Crippen LogP contribution in [0.2, 0.25) is 0 Å². The van der Waals surface area contributed by atoms with Crippen LogP contribution in [-0.2, 0) is 14.3 Å². The van der Waals surface area contributed by atoms with Crippen molar-refractivity contribution in [2.24, 2.45) is 0 Å². The Balaban J connectivity index is 2.89. The highest BCUT2D eigenvalue weighted by molar-refractivity contribution is 5.73. The van der Waals surface area contributed by atoms with Gasteiger partial charge in [0.2, 0.25) is 0 Å². The van der Waals surface area contributed by atoms with Crippen molar-refractivity contribution >= 4 is 5.97 Å². The Kier molecular flexibility index (Phi) is 1.71. The van der Waals surface area contributed by atoms with Gasteiger partial charge in [-0.15, -0.1) is 0 Å². The lowest BCUT2D eigenvalue weighted by atomic mass is 10.2. The van der Waals surface area contributed by atoms with Crippen molar-refractivity contribution in [3.63, 3.8) is 0 Å². The van der Waals surface area contributed by atoms with Gasteiger partial charge in [-0.25, -0.2) is 4.79 Å². The first-order valence-electron chi connectivity index (χ1n) is 4.44. The van der Waals surface area contributed by atoms with Crippen LogP contribution in [0.5, 0.6) is 0 Å². The topological polar surface area (TPSA) is 76.0 Å². The van der Waals surface area contributed by atoms with Crippen molar-refractivity contribution in [3.05, 3.63) is 0 Å². The lowest BCUT2D eigenvalue weighted by Gasteiger charge is -2.15. The zero-order chi connectivity index (χ0) is 11.1. The van der Waals surface area contributed by atoms with Crippen LogP contribution in [0.25, 0.3) is 0 Å². The van der Waals surface area contributed by atoms with Gasteiger partial charge in [0.15, 0.2) is 11.9 Å². The van der Waals surface area contributed by atoms with E-state index in [0.717, 1.165) is 0 Å². The molecule has 2 N–H and O–H groups in total. The molecule has 0 aromatic rings. The summed E-state index contributed by atoms with van der Waals surface area (Å²) in [6.45, 7) is 0.167. The standard InChI is InChI=1S/C7H12O5/c1-7(2)11-4(3-8)5(12-7)6(9)10/h4-5,8H,3H2,1-2H3,(H,9,10)/t4-,5+/m1/s1/i3D2. The lowest BCUT2D eigenvalue weighted by molar-refractivity contribution is -0.166. The van der Waals surface area contributed by atoms with E-state index >= 15 is 0 Å². The molecule has 70 valence electrons. The van der Waals surface area contributed by atoms with E-state index < -0.39 is 30.5 Å². The molecule has 0 aromatic heterocycles. The van der Waals surface area contributed by atoms with Crippen LogP contribution >= 0.6 is 0 Å². The Labute approximate surface area is 72.7 Å². The molecule has 5 nitrogen and oxygen atoms in total. The van der Waals surface area contributed by atoms with Crippen LogP contribution in [-0.4, -0.2) is 40.7 Å². The quantitative estimate of drug-likeness (QED) is 0.600. The molecule has 0 aliphatic carbocycles. The van der Waals surface area contributed by atoms with Gasteiger partial charge in [0.25, 0.3) is 0 Å². The molecule has 0 amide bonds. The van der Waals surface area contributed by atoms with Crippen molar-refractivity contribution < 1.29 is 27.2 Å². The third-order valence-electron chi connectivity index (χ3n) is 1.47. The van der Waals surface area contributed by atoms with Gasteiger partial charge in [0, 0.05) is 0 Å². The molecule has 12 heavy (non-hydrogen) atoms. The summed E-state index contributed by atoms with van der Waals surface area (Å²) < 4.78 is 23.9. The summed E-state index contributed by atoms with van der Waals surface area (Å²) in [5.74, 6) is -2.57. The third kappa shape index (κ3) is 1.74. The molecule has 1 aliphatic rings. The van der Waals surface area contributed by atoms with E-state index in [-0.39, 0.29) is 0 Å². The average molecular weight is 178 g/mol. The molecule has 0 spiro atoms. The largest absolute Gasteiger partial charge is 0.479 e. The second kappa shape index (κ2) is 3.01. The molecule has 5 heteroatoms. The smallest absolute Gasteiger partial charge is 0.335 e. The fourth-order valence-corrected chi connectivity index (χ4v) is 1.04. The van der Waals surface area contributed by atoms with Crippen molar-refractivity contribution in [1.82, 2.24) is 0 Å². The Morgan fingerprint density at radius 3 is 2.58 bits per heavy atom. The van der Waals surface area contributed by atoms with Gasteiger partial charge < -0.3 is 19.7 Å². The van der Waals surface area contributed by atoms with E-state index in [9.17, 15) is 4.79 Å². The predicted octanol–water partition coefficient (Wildman–Crippen LogP) is -0.417. The highest BCUT2D eigenvalue weighted by atomic mass is 16.8. The molecular weight excluding hydrogens is 164 g/mol. The van der Waals surface area contributed by atoms with E-state index in [0.29, 0.717) is 0 Å². The van der Waals surface area contributed by atoms with Gasteiger partial charge in [-0.05, 0) is 13.8 Å². The lowest BCUT2D eigenvalue weighted by Crippen LogP contribution is -2.33. The zero-order valence-corrected chi connectivity index (χ0v) is 6.77. The minimum Gasteiger partial charge on any atom is -0.479 e. The van der Waals surface area contributed by atoms with Gasteiger partial charge in [-0.3, -0.25) is 0 Å². The fraction of sp³-hybridized carbons (Fsp3) is 0.857. The second-order valence-electron chi connectivity index (χ2n) is 2.94. The highest BCUT2D eigenvalue weighted by Gasteiger charge is 2.44. The van der Waals surface area contributed by atoms with Gasteiger partial charge >= 0.3 is 5.97 Å². The SMILES string of the molecule is [2H]C([2H])(O)[C@H]1OC(C)(C)O[C@@H]1C(=O)O. The molecule has 0 radical (unpaired) electrons. The fourth-order valence-electron chi connectivity index (χ4n) is 1.04. The van der Waals surface area contributed by atoms with Gasteiger partial charge in [0.05, 0.1) is 9.30 Å². The minimum atomic E-state index is -2.74. The Hall–Kier alpha value is -0.650. The highest BCUT2D eigenvalue weighted by Crippen LogP contribution is 2.27. The van der Waals surface area contributed by atoms with Crippen LogP contribution in [0.1, 0.15) is 16.6 Å². The summed E-state index contributed by atoms with van der Waals surface area (Å²) in [6, 6.07) is 0. The van der Waals surface area contributed by atoms with E-state index in [2.05, 4.69) is 0 Å². The first-order chi connectivity index (χ1) is 6.13. The predicted molar refractivity (Wildman–Crippen MR) is 38.5 cm³/mol. The van der Waals surface area contributed by atoms with E-state index in [1.165, 1.54) is 13.8 Å². The number of rotatable bonds is 2. The zero-order valence-electron chi connectivity index (χ0n) is 8.77. The number of hydrogen-bond acceptors (Lipinski definition) is 4. The molecule has 0 saturated carbocycles. The number of carboxylic acid groups (broad SMARTS) is 1. The van der Waals surface area contributed by atoms with Crippen LogP contribution in [0.15, 0.2) is 0 Å². The Morgan fingerprint density at radius 2 is 2.25 bits per heavy atom. The van der Waals surface area contributed by atoms with Crippen molar-refractivity contribution in [1.29, 1.82) is 0 Å². The van der Waals surface area contributed by atoms with Crippen LogP contribution in [0.3, 0.4) is 0 Å². The normalized spacial score (nSPS) is 37.2. The van der Waals surface area contributed by atoms with Crippen LogP contribution in [0.4, 0.5) is 0 Å². The molecule has 1 aliphatic heterocycles. The summed E-state index contributed by atoms with van der Waals surface area (Å²) in [4.78, 5) is 10.7. The van der Waals surface area contributed by atoms with Crippen molar-refractivity contribution in [2.45, 2.75) is 31.8 Å². The number of ether oxygens (including phenoxy) is 2. The maximum atomic E-state index is 10.7.